The zero-order chi connectivity index (χ0) is 13.4. The number of halogens is 1. The molecule has 1 aromatic rings. The van der Waals surface area contributed by atoms with E-state index in [1.165, 1.54) is 10.5 Å². The van der Waals surface area contributed by atoms with E-state index in [1.54, 1.807) is 0 Å². The molecule has 2 heterocycles. The Morgan fingerprint density at radius 3 is 2.78 bits per heavy atom. The minimum Gasteiger partial charge on any atom is -0.314 e. The highest BCUT2D eigenvalue weighted by Gasteiger charge is 2.39. The average molecular weight is 273 g/mol. The van der Waals surface area contributed by atoms with Gasteiger partial charge in [-0.05, 0) is 19.9 Å². The van der Waals surface area contributed by atoms with Gasteiger partial charge in [-0.15, -0.1) is 0 Å². The number of hydrogen-bond donors (Lipinski definition) is 1. The quantitative estimate of drug-likeness (QED) is 0.857. The molecular weight excluding hydrogens is 257 g/mol. The van der Waals surface area contributed by atoms with Crippen LogP contribution in [0.25, 0.3) is 0 Å². The van der Waals surface area contributed by atoms with Gasteiger partial charge in [0, 0.05) is 31.4 Å². The van der Waals surface area contributed by atoms with Crippen LogP contribution in [0.5, 0.6) is 0 Å². The zero-order valence-electron chi connectivity index (χ0n) is 10.4. The Kier molecular flexibility index (Phi) is 3.39. The summed E-state index contributed by atoms with van der Waals surface area (Å²) in [4.78, 5) is 3.50. The van der Waals surface area contributed by atoms with Gasteiger partial charge >= 0.3 is 0 Å². The molecule has 0 aromatic carbocycles. The lowest BCUT2D eigenvalue weighted by Crippen LogP contribution is -2.59. The summed E-state index contributed by atoms with van der Waals surface area (Å²) in [5, 5.41) is 3.14. The van der Waals surface area contributed by atoms with Crippen molar-refractivity contribution in [1.29, 1.82) is 0 Å². The van der Waals surface area contributed by atoms with Crippen molar-refractivity contribution < 1.29 is 12.8 Å². The highest BCUT2D eigenvalue weighted by Crippen LogP contribution is 2.25. The highest BCUT2D eigenvalue weighted by atomic mass is 32.2. The second kappa shape index (κ2) is 4.56. The fourth-order valence-electron chi connectivity index (χ4n) is 2.07. The normalized spacial score (nSPS) is 20.8. The number of nitrogens with one attached hydrogen (secondary N) is 1. The lowest BCUT2D eigenvalue weighted by atomic mass is 10.0. The van der Waals surface area contributed by atoms with Crippen LogP contribution in [0.1, 0.15) is 13.8 Å². The number of pyridine rings is 1. The van der Waals surface area contributed by atoms with Crippen molar-refractivity contribution in [2.45, 2.75) is 24.3 Å². The van der Waals surface area contributed by atoms with Crippen molar-refractivity contribution in [1.82, 2.24) is 14.6 Å². The van der Waals surface area contributed by atoms with Gasteiger partial charge in [0.1, 0.15) is 10.7 Å². The Bertz CT molecular complexity index is 545. The molecule has 1 fully saturated rings. The topological polar surface area (TPSA) is 62.3 Å². The van der Waals surface area contributed by atoms with E-state index in [4.69, 9.17) is 0 Å². The molecule has 0 saturated carbocycles. The lowest BCUT2D eigenvalue weighted by molar-refractivity contribution is 0.186. The molecule has 18 heavy (non-hydrogen) atoms. The first-order valence-electron chi connectivity index (χ1n) is 5.68. The lowest BCUT2D eigenvalue weighted by Gasteiger charge is -2.41. The van der Waals surface area contributed by atoms with Gasteiger partial charge in [-0.3, -0.25) is 4.98 Å². The van der Waals surface area contributed by atoms with E-state index in [-0.39, 0.29) is 4.90 Å². The predicted octanol–water partition coefficient (Wildman–Crippen LogP) is 0.593. The molecule has 0 spiro atoms. The summed E-state index contributed by atoms with van der Waals surface area (Å²) < 4.78 is 39.4. The Labute approximate surface area is 106 Å². The summed E-state index contributed by atoms with van der Waals surface area (Å²) in [6.45, 7) is 5.19. The third-order valence-electron chi connectivity index (χ3n) is 2.99. The van der Waals surface area contributed by atoms with Gasteiger partial charge in [0.25, 0.3) is 0 Å². The Hall–Kier alpha value is -1.05. The van der Waals surface area contributed by atoms with Crippen molar-refractivity contribution >= 4 is 10.0 Å². The van der Waals surface area contributed by atoms with E-state index in [2.05, 4.69) is 10.3 Å². The van der Waals surface area contributed by atoms with E-state index in [1.807, 2.05) is 13.8 Å². The molecule has 1 aliphatic rings. The van der Waals surface area contributed by atoms with Crippen LogP contribution in [-0.4, -0.2) is 42.9 Å². The molecule has 5 nitrogen and oxygen atoms in total. The number of sulfonamides is 1. The summed E-state index contributed by atoms with van der Waals surface area (Å²) in [5.74, 6) is -0.649. The smallest absolute Gasteiger partial charge is 0.245 e. The maximum Gasteiger partial charge on any atom is 0.245 e. The van der Waals surface area contributed by atoms with Crippen LogP contribution >= 0.6 is 0 Å². The molecule has 0 unspecified atom stereocenters. The maximum atomic E-state index is 13.1. The minimum absolute atomic E-state index is 0.0996. The van der Waals surface area contributed by atoms with Crippen LogP contribution in [0, 0.1) is 5.82 Å². The summed E-state index contributed by atoms with van der Waals surface area (Å²) in [5.41, 5.74) is -0.538. The first-order chi connectivity index (χ1) is 8.34. The fourth-order valence-corrected chi connectivity index (χ4v) is 3.83. The second-order valence-electron chi connectivity index (χ2n) is 4.91. The zero-order valence-corrected chi connectivity index (χ0v) is 11.2. The molecule has 0 radical (unpaired) electrons. The van der Waals surface area contributed by atoms with Gasteiger partial charge in [0.15, 0.2) is 0 Å². The molecule has 7 heteroatoms. The van der Waals surface area contributed by atoms with Crippen LogP contribution in [-0.2, 0) is 10.0 Å². The molecule has 1 saturated heterocycles. The fraction of sp³-hybridized carbons (Fsp3) is 0.545. The van der Waals surface area contributed by atoms with E-state index >= 15 is 0 Å². The Morgan fingerprint density at radius 2 is 2.17 bits per heavy atom. The molecule has 0 aliphatic carbocycles. The van der Waals surface area contributed by atoms with Crippen molar-refractivity contribution in [2.75, 3.05) is 19.6 Å². The Balaban J connectivity index is 2.42. The van der Waals surface area contributed by atoms with Crippen LogP contribution in [0.15, 0.2) is 23.4 Å². The van der Waals surface area contributed by atoms with Crippen LogP contribution in [0.2, 0.25) is 0 Å². The molecule has 1 aromatic heterocycles. The number of rotatable bonds is 2. The van der Waals surface area contributed by atoms with Gasteiger partial charge < -0.3 is 5.32 Å². The summed E-state index contributed by atoms with van der Waals surface area (Å²) in [6, 6.07) is 1.00. The Morgan fingerprint density at radius 1 is 1.44 bits per heavy atom. The number of nitrogens with zero attached hydrogens (tertiary/aromatic N) is 2. The summed E-state index contributed by atoms with van der Waals surface area (Å²) in [6.07, 6.45) is 2.17. The van der Waals surface area contributed by atoms with E-state index < -0.39 is 21.4 Å². The monoisotopic (exact) mass is 273 g/mol. The number of aromatic nitrogens is 1. The molecule has 0 atom stereocenters. The van der Waals surface area contributed by atoms with Gasteiger partial charge in [0.05, 0.1) is 6.20 Å². The van der Waals surface area contributed by atoms with Gasteiger partial charge in [-0.2, -0.15) is 4.31 Å². The molecule has 0 amide bonds. The molecule has 1 N–H and O–H groups in total. The molecule has 1 aliphatic heterocycles. The van der Waals surface area contributed by atoms with Crippen molar-refractivity contribution in [3.63, 3.8) is 0 Å². The minimum atomic E-state index is -3.70. The number of hydrogen-bond acceptors (Lipinski definition) is 4. The SMILES string of the molecule is CC1(C)CNCCN1S(=O)(=O)c1cncc(F)c1. The largest absolute Gasteiger partial charge is 0.314 e. The van der Waals surface area contributed by atoms with E-state index in [9.17, 15) is 12.8 Å². The molecule has 100 valence electrons. The van der Waals surface area contributed by atoms with Crippen LogP contribution in [0.3, 0.4) is 0 Å². The predicted molar refractivity (Wildman–Crippen MR) is 65.0 cm³/mol. The van der Waals surface area contributed by atoms with Crippen LogP contribution in [0.4, 0.5) is 4.39 Å². The molecule has 2 rings (SSSR count). The van der Waals surface area contributed by atoms with Gasteiger partial charge in [-0.1, -0.05) is 0 Å². The van der Waals surface area contributed by atoms with E-state index in [0.717, 1.165) is 12.3 Å². The standard InChI is InChI=1S/C11H16FN3O2S/c1-11(2)8-13-3-4-15(11)18(16,17)10-5-9(12)6-14-7-10/h5-7,13H,3-4,8H2,1-2H3. The van der Waals surface area contributed by atoms with E-state index in [0.29, 0.717) is 19.6 Å². The average Bonchev–Trinajstić information content (AvgIpc) is 2.28. The third kappa shape index (κ3) is 2.38. The van der Waals surface area contributed by atoms with Crippen molar-refractivity contribution in [2.24, 2.45) is 0 Å². The van der Waals surface area contributed by atoms with Gasteiger partial charge in [0.2, 0.25) is 10.0 Å². The maximum absolute atomic E-state index is 13.1. The van der Waals surface area contributed by atoms with Crippen molar-refractivity contribution in [3.8, 4) is 0 Å². The van der Waals surface area contributed by atoms with Crippen molar-refractivity contribution in [3.05, 3.63) is 24.3 Å². The van der Waals surface area contributed by atoms with Gasteiger partial charge in [-0.25, -0.2) is 12.8 Å². The summed E-state index contributed by atoms with van der Waals surface area (Å²) in [7, 11) is -3.70. The summed E-state index contributed by atoms with van der Waals surface area (Å²) >= 11 is 0. The number of piperazine rings is 1. The highest BCUT2D eigenvalue weighted by molar-refractivity contribution is 7.89. The molecular formula is C11H16FN3O2S. The second-order valence-corrected chi connectivity index (χ2v) is 6.77. The first-order valence-corrected chi connectivity index (χ1v) is 7.12. The molecule has 0 bridgehead atoms. The third-order valence-corrected chi connectivity index (χ3v) is 5.07. The van der Waals surface area contributed by atoms with Crippen LogP contribution < -0.4 is 5.32 Å². The first kappa shape index (κ1) is 13.4.